The van der Waals surface area contributed by atoms with Crippen molar-refractivity contribution in [1.82, 2.24) is 24.8 Å². The van der Waals surface area contributed by atoms with Gasteiger partial charge in [0, 0.05) is 63.6 Å². The van der Waals surface area contributed by atoms with E-state index in [0.717, 1.165) is 49.1 Å². The Morgan fingerprint density at radius 3 is 2.80 bits per heavy atom. The molecule has 4 rings (SSSR count). The highest BCUT2D eigenvalue weighted by Crippen LogP contribution is 2.31. The molecule has 1 aromatic carbocycles. The maximum atomic E-state index is 6.05. The van der Waals surface area contributed by atoms with E-state index < -0.39 is 0 Å². The van der Waals surface area contributed by atoms with Crippen molar-refractivity contribution >= 4 is 12.4 Å². The van der Waals surface area contributed by atoms with E-state index in [1.54, 1.807) is 13.3 Å². The SMILES string of the molecule is COc1ccc(CN2CCNCC2c2nccn2C)cc1OCc1cccnc1.Cl. The third-order valence-corrected chi connectivity index (χ3v) is 5.24. The van der Waals surface area contributed by atoms with E-state index in [1.165, 1.54) is 5.56 Å². The van der Waals surface area contributed by atoms with Crippen molar-refractivity contribution in [2.75, 3.05) is 26.7 Å². The maximum Gasteiger partial charge on any atom is 0.161 e. The Balaban J connectivity index is 0.00000256. The summed E-state index contributed by atoms with van der Waals surface area (Å²) in [5, 5.41) is 3.49. The lowest BCUT2D eigenvalue weighted by Crippen LogP contribution is -2.46. The second kappa shape index (κ2) is 10.4. The van der Waals surface area contributed by atoms with Gasteiger partial charge in [0.15, 0.2) is 11.5 Å². The normalized spacial score (nSPS) is 16.7. The van der Waals surface area contributed by atoms with Crippen molar-refractivity contribution < 1.29 is 9.47 Å². The number of aromatic nitrogens is 3. The summed E-state index contributed by atoms with van der Waals surface area (Å²) < 4.78 is 13.6. The van der Waals surface area contributed by atoms with Gasteiger partial charge in [-0.2, -0.15) is 0 Å². The Labute approximate surface area is 183 Å². The van der Waals surface area contributed by atoms with Crippen LogP contribution in [-0.2, 0) is 20.2 Å². The molecule has 1 atom stereocenters. The first-order valence-corrected chi connectivity index (χ1v) is 9.85. The monoisotopic (exact) mass is 429 g/mol. The first-order chi connectivity index (χ1) is 14.2. The molecular formula is C22H28ClN5O2. The Kier molecular flexibility index (Phi) is 7.68. The lowest BCUT2D eigenvalue weighted by molar-refractivity contribution is 0.144. The molecule has 3 aromatic rings. The molecule has 1 N–H and O–H groups in total. The van der Waals surface area contributed by atoms with Gasteiger partial charge in [0.1, 0.15) is 12.4 Å². The van der Waals surface area contributed by atoms with Crippen molar-refractivity contribution in [3.63, 3.8) is 0 Å². The summed E-state index contributed by atoms with van der Waals surface area (Å²) >= 11 is 0. The minimum Gasteiger partial charge on any atom is -0.493 e. The molecule has 0 amide bonds. The molecule has 3 heterocycles. The summed E-state index contributed by atoms with van der Waals surface area (Å²) in [6, 6.07) is 10.3. The predicted octanol–water partition coefficient (Wildman–Crippen LogP) is 2.97. The summed E-state index contributed by atoms with van der Waals surface area (Å²) in [6.45, 7) is 4.12. The molecule has 1 aliphatic heterocycles. The van der Waals surface area contributed by atoms with Crippen molar-refractivity contribution in [1.29, 1.82) is 0 Å². The van der Waals surface area contributed by atoms with Gasteiger partial charge in [-0.15, -0.1) is 12.4 Å². The van der Waals surface area contributed by atoms with Gasteiger partial charge in [0.2, 0.25) is 0 Å². The van der Waals surface area contributed by atoms with E-state index in [-0.39, 0.29) is 18.4 Å². The van der Waals surface area contributed by atoms with E-state index in [1.807, 2.05) is 43.8 Å². The number of rotatable bonds is 7. The van der Waals surface area contributed by atoms with Gasteiger partial charge in [0.05, 0.1) is 13.2 Å². The quantitative estimate of drug-likeness (QED) is 0.623. The zero-order valence-electron chi connectivity index (χ0n) is 17.3. The first-order valence-electron chi connectivity index (χ1n) is 9.85. The lowest BCUT2D eigenvalue weighted by Gasteiger charge is -2.35. The van der Waals surface area contributed by atoms with Gasteiger partial charge in [-0.25, -0.2) is 4.98 Å². The highest BCUT2D eigenvalue weighted by Gasteiger charge is 2.27. The largest absolute Gasteiger partial charge is 0.493 e. The Hall–Kier alpha value is -2.61. The number of halogens is 1. The zero-order chi connectivity index (χ0) is 20.1. The number of ether oxygens (including phenoxy) is 2. The predicted molar refractivity (Wildman–Crippen MR) is 118 cm³/mol. The second-order valence-corrected chi connectivity index (χ2v) is 7.22. The number of hydrogen-bond donors (Lipinski definition) is 1. The Bertz CT molecular complexity index is 934. The minimum atomic E-state index is 0. The summed E-state index contributed by atoms with van der Waals surface area (Å²) in [5.41, 5.74) is 2.21. The number of hydrogen-bond acceptors (Lipinski definition) is 6. The average Bonchev–Trinajstić information content (AvgIpc) is 3.19. The topological polar surface area (TPSA) is 64.4 Å². The smallest absolute Gasteiger partial charge is 0.161 e. The number of methoxy groups -OCH3 is 1. The highest BCUT2D eigenvalue weighted by molar-refractivity contribution is 5.85. The van der Waals surface area contributed by atoms with Crippen LogP contribution in [0.4, 0.5) is 0 Å². The van der Waals surface area contributed by atoms with Crippen LogP contribution in [0.15, 0.2) is 55.1 Å². The highest BCUT2D eigenvalue weighted by atomic mass is 35.5. The lowest BCUT2D eigenvalue weighted by atomic mass is 10.1. The summed E-state index contributed by atoms with van der Waals surface area (Å²) in [5.74, 6) is 2.56. The van der Waals surface area contributed by atoms with Crippen molar-refractivity contribution in [2.24, 2.45) is 7.05 Å². The molecule has 7 nitrogen and oxygen atoms in total. The molecular weight excluding hydrogens is 402 g/mol. The number of nitrogens with zero attached hydrogens (tertiary/aromatic N) is 4. The molecule has 1 saturated heterocycles. The molecule has 1 aliphatic rings. The molecule has 8 heteroatoms. The molecule has 0 saturated carbocycles. The van der Waals surface area contributed by atoms with Crippen LogP contribution in [0, 0.1) is 0 Å². The molecule has 0 bridgehead atoms. The first kappa shape index (κ1) is 22.1. The Morgan fingerprint density at radius 2 is 2.07 bits per heavy atom. The molecule has 30 heavy (non-hydrogen) atoms. The Morgan fingerprint density at radius 1 is 1.17 bits per heavy atom. The van der Waals surface area contributed by atoms with Crippen LogP contribution in [-0.4, -0.2) is 46.2 Å². The fourth-order valence-corrected chi connectivity index (χ4v) is 3.70. The third-order valence-electron chi connectivity index (χ3n) is 5.24. The fraction of sp³-hybridized carbons (Fsp3) is 0.364. The molecule has 2 aromatic heterocycles. The summed E-state index contributed by atoms with van der Waals surface area (Å²) in [4.78, 5) is 11.2. The number of nitrogens with one attached hydrogen (secondary N) is 1. The van der Waals surface area contributed by atoms with Gasteiger partial charge < -0.3 is 19.4 Å². The fourth-order valence-electron chi connectivity index (χ4n) is 3.70. The number of piperazine rings is 1. The van der Waals surface area contributed by atoms with Gasteiger partial charge >= 0.3 is 0 Å². The number of aryl methyl sites for hydroxylation is 1. The zero-order valence-corrected chi connectivity index (χ0v) is 18.1. The van der Waals surface area contributed by atoms with Crippen molar-refractivity contribution in [2.45, 2.75) is 19.2 Å². The van der Waals surface area contributed by atoms with E-state index in [2.05, 4.69) is 36.9 Å². The molecule has 0 aliphatic carbocycles. The van der Waals surface area contributed by atoms with Crippen LogP contribution in [0.5, 0.6) is 11.5 Å². The van der Waals surface area contributed by atoms with Crippen LogP contribution in [0.2, 0.25) is 0 Å². The van der Waals surface area contributed by atoms with Gasteiger partial charge in [-0.05, 0) is 23.8 Å². The molecule has 1 unspecified atom stereocenters. The van der Waals surface area contributed by atoms with Gasteiger partial charge in [0.25, 0.3) is 0 Å². The minimum absolute atomic E-state index is 0. The maximum absolute atomic E-state index is 6.05. The van der Waals surface area contributed by atoms with Crippen LogP contribution in [0.25, 0.3) is 0 Å². The molecule has 1 fully saturated rings. The van der Waals surface area contributed by atoms with Gasteiger partial charge in [-0.3, -0.25) is 9.88 Å². The molecule has 0 spiro atoms. The van der Waals surface area contributed by atoms with Crippen LogP contribution < -0.4 is 14.8 Å². The summed E-state index contributed by atoms with van der Waals surface area (Å²) in [7, 11) is 3.71. The average molecular weight is 430 g/mol. The van der Waals surface area contributed by atoms with Crippen LogP contribution >= 0.6 is 12.4 Å². The van der Waals surface area contributed by atoms with E-state index >= 15 is 0 Å². The standard InChI is InChI=1S/C22H27N5O2.ClH/c1-26-10-9-25-22(26)19-14-24-8-11-27(19)15-17-5-6-20(28-2)21(12-17)29-16-18-4-3-7-23-13-18;/h3-7,9-10,12-13,19,24H,8,11,14-16H2,1-2H3;1H. The van der Waals surface area contributed by atoms with E-state index in [0.29, 0.717) is 6.61 Å². The second-order valence-electron chi connectivity index (χ2n) is 7.22. The number of imidazole rings is 1. The molecule has 160 valence electrons. The number of benzene rings is 1. The van der Waals surface area contributed by atoms with Crippen LogP contribution in [0.3, 0.4) is 0 Å². The van der Waals surface area contributed by atoms with Gasteiger partial charge in [-0.1, -0.05) is 12.1 Å². The third kappa shape index (κ3) is 5.11. The van der Waals surface area contributed by atoms with E-state index in [4.69, 9.17) is 9.47 Å². The van der Waals surface area contributed by atoms with E-state index in [9.17, 15) is 0 Å². The summed E-state index contributed by atoms with van der Waals surface area (Å²) in [6.07, 6.45) is 7.43. The van der Waals surface area contributed by atoms with Crippen molar-refractivity contribution in [3.05, 3.63) is 72.1 Å². The molecule has 0 radical (unpaired) electrons. The number of pyridine rings is 1. The van der Waals surface area contributed by atoms with Crippen molar-refractivity contribution in [3.8, 4) is 11.5 Å². The van der Waals surface area contributed by atoms with Crippen LogP contribution in [0.1, 0.15) is 23.0 Å².